The first-order valence-electron chi connectivity index (χ1n) is 20.2. The maximum absolute atomic E-state index is 14.3. The zero-order valence-electron chi connectivity index (χ0n) is 35.6. The number of esters is 1. The second-order valence-electron chi connectivity index (χ2n) is 17.8. The van der Waals surface area contributed by atoms with Gasteiger partial charge in [0.25, 0.3) is 0 Å². The van der Waals surface area contributed by atoms with Crippen molar-refractivity contribution in [3.63, 3.8) is 0 Å². The smallest absolute Gasteiger partial charge is 0.311 e. The van der Waals surface area contributed by atoms with E-state index in [-0.39, 0.29) is 37.3 Å². The third kappa shape index (κ3) is 10.2. The van der Waals surface area contributed by atoms with Crippen LogP contribution < -0.4 is 5.32 Å². The van der Waals surface area contributed by atoms with Crippen LogP contribution in [0, 0.1) is 17.8 Å². The van der Waals surface area contributed by atoms with E-state index in [1.807, 2.05) is 53.6 Å². The molecule has 1 unspecified atom stereocenters. The van der Waals surface area contributed by atoms with Crippen LogP contribution in [0.15, 0.2) is 0 Å². The molecule has 318 valence electrons. The number of methoxy groups -OCH3 is 1. The molecule has 0 aromatic rings. The Morgan fingerprint density at radius 1 is 0.944 bits per heavy atom. The van der Waals surface area contributed by atoms with Gasteiger partial charge in [-0.1, -0.05) is 34.1 Å². The average Bonchev–Trinajstić information content (AvgIpc) is 3.09. The van der Waals surface area contributed by atoms with Gasteiger partial charge in [-0.3, -0.25) is 4.79 Å². The van der Waals surface area contributed by atoms with Crippen LogP contribution in [-0.4, -0.2) is 154 Å². The Bertz CT molecular complexity index is 1190. The molecular formula is C40H76N2O12. The quantitative estimate of drug-likeness (QED) is 0.188. The fraction of sp³-hybridized carbons (Fsp3) is 0.975. The summed E-state index contributed by atoms with van der Waals surface area (Å²) in [6.07, 6.45) is -6.26. The summed E-state index contributed by atoms with van der Waals surface area (Å²) in [4.78, 5) is 16.2. The van der Waals surface area contributed by atoms with Gasteiger partial charge < -0.3 is 64.2 Å². The Balaban J connectivity index is 2.17. The highest BCUT2D eigenvalue weighted by atomic mass is 16.7. The topological polar surface area (TPSA) is 189 Å². The third-order valence-electron chi connectivity index (χ3n) is 12.8. The summed E-state index contributed by atoms with van der Waals surface area (Å²) in [5.74, 6) is -2.62. The molecule has 54 heavy (non-hydrogen) atoms. The molecule has 3 aliphatic rings. The third-order valence-corrected chi connectivity index (χ3v) is 12.8. The molecule has 0 amide bonds. The van der Waals surface area contributed by atoms with Crippen LogP contribution in [0.25, 0.3) is 0 Å². The fourth-order valence-corrected chi connectivity index (χ4v) is 9.27. The Labute approximate surface area is 324 Å². The molecule has 14 nitrogen and oxygen atoms in total. The number of rotatable bonds is 9. The van der Waals surface area contributed by atoms with Gasteiger partial charge in [-0.05, 0) is 101 Å². The Hall–Kier alpha value is -1.01. The minimum atomic E-state index is -1.81. The van der Waals surface area contributed by atoms with E-state index in [0.29, 0.717) is 25.8 Å². The van der Waals surface area contributed by atoms with Gasteiger partial charge in [0.2, 0.25) is 0 Å². The van der Waals surface area contributed by atoms with Crippen molar-refractivity contribution in [2.24, 2.45) is 17.8 Å². The molecule has 0 aromatic carbocycles. The summed E-state index contributed by atoms with van der Waals surface area (Å²) in [7, 11) is 5.32. The number of aliphatic hydroxyl groups is 5. The maximum atomic E-state index is 14.3. The number of hydrogen-bond donors (Lipinski definition) is 6. The number of likely N-dealkylation sites (N-methyl/N-ethyl adjacent to an activating group) is 1. The van der Waals surface area contributed by atoms with E-state index in [1.165, 1.54) is 6.92 Å². The number of aliphatic hydroxyl groups excluding tert-OH is 2. The maximum Gasteiger partial charge on any atom is 0.311 e. The lowest BCUT2D eigenvalue weighted by molar-refractivity contribution is -0.338. The van der Waals surface area contributed by atoms with Crippen molar-refractivity contribution in [1.29, 1.82) is 0 Å². The van der Waals surface area contributed by atoms with Crippen molar-refractivity contribution in [3.8, 4) is 0 Å². The summed E-state index contributed by atoms with van der Waals surface area (Å²) in [5, 5.41) is 62.2. The van der Waals surface area contributed by atoms with E-state index >= 15 is 0 Å². The largest absolute Gasteiger partial charge is 0.459 e. The van der Waals surface area contributed by atoms with Crippen molar-refractivity contribution in [2.75, 3.05) is 27.7 Å². The zero-order valence-corrected chi connectivity index (χ0v) is 35.6. The van der Waals surface area contributed by atoms with Crippen molar-refractivity contribution < 1.29 is 58.7 Å². The van der Waals surface area contributed by atoms with Crippen LogP contribution >= 0.6 is 0 Å². The lowest BCUT2D eigenvalue weighted by Crippen LogP contribution is -2.66. The Kier molecular flexibility index (Phi) is 16.4. The van der Waals surface area contributed by atoms with Crippen molar-refractivity contribution in [1.82, 2.24) is 10.2 Å². The summed E-state index contributed by atoms with van der Waals surface area (Å²) in [6.45, 7) is 20.0. The fourth-order valence-electron chi connectivity index (χ4n) is 9.27. The van der Waals surface area contributed by atoms with Crippen molar-refractivity contribution in [3.05, 3.63) is 0 Å². The lowest BCUT2D eigenvalue weighted by atomic mass is 9.73. The molecule has 14 heteroatoms. The Morgan fingerprint density at radius 3 is 2.13 bits per heavy atom. The molecule has 3 fully saturated rings. The Morgan fingerprint density at radius 2 is 1.57 bits per heavy atom. The molecule has 3 aliphatic heterocycles. The molecular weight excluding hydrogens is 700 g/mol. The van der Waals surface area contributed by atoms with E-state index in [4.69, 9.17) is 28.4 Å². The lowest BCUT2D eigenvalue weighted by Gasteiger charge is -2.53. The number of carbonyl (C=O) groups excluding carboxylic acids is 1. The van der Waals surface area contributed by atoms with Crippen LogP contribution in [0.4, 0.5) is 0 Å². The number of carbonyl (C=O) groups is 1. The second kappa shape index (κ2) is 18.7. The highest BCUT2D eigenvalue weighted by Gasteiger charge is 2.58. The van der Waals surface area contributed by atoms with E-state index in [0.717, 1.165) is 0 Å². The molecule has 0 saturated carbocycles. The number of cyclic esters (lactones) is 1. The van der Waals surface area contributed by atoms with E-state index in [1.54, 1.807) is 41.7 Å². The van der Waals surface area contributed by atoms with Gasteiger partial charge in [-0.2, -0.15) is 0 Å². The summed E-state index contributed by atoms with van der Waals surface area (Å²) in [5.41, 5.74) is -5.76. The highest BCUT2D eigenvalue weighted by molar-refractivity contribution is 5.73. The predicted molar refractivity (Wildman–Crippen MR) is 203 cm³/mol. The van der Waals surface area contributed by atoms with E-state index in [9.17, 15) is 30.3 Å². The van der Waals surface area contributed by atoms with Crippen LogP contribution in [0.1, 0.15) is 115 Å². The van der Waals surface area contributed by atoms with Gasteiger partial charge in [-0.25, -0.2) is 0 Å². The van der Waals surface area contributed by atoms with Crippen molar-refractivity contribution >= 4 is 5.97 Å². The monoisotopic (exact) mass is 777 g/mol. The molecule has 3 heterocycles. The molecule has 3 rings (SSSR count). The molecule has 3 saturated heterocycles. The first kappa shape index (κ1) is 47.4. The van der Waals surface area contributed by atoms with Gasteiger partial charge >= 0.3 is 5.97 Å². The average molecular weight is 777 g/mol. The molecule has 0 bridgehead atoms. The standard InChI is InChI=1S/C40H76N2O12/c1-15-17-40(48)27(8)51-30(20-38(40,10)49-14)53-32-24(5)34(54-36-31(43)28(42(12)13)18-23(4)50-36)37(9,46)19-22(3)21-41-26(7)33(44)39(11,47)29(16-2)52-35(45)25(32)6/h22-34,36,41,43-44,46-48H,15-21H2,1-14H3/t22-,23-,24+,25-,26-,27+,28+,29-,30+,31-,32?,33-,34-,36+,37-,38-,39-,40-/m1/s1. The van der Waals surface area contributed by atoms with E-state index in [2.05, 4.69) is 5.32 Å². The number of nitrogens with zero attached hydrogens (tertiary/aromatic N) is 1. The first-order chi connectivity index (χ1) is 24.9. The van der Waals surface area contributed by atoms with Crippen LogP contribution in [0.3, 0.4) is 0 Å². The molecule has 0 aliphatic carbocycles. The number of nitrogens with one attached hydrogen (secondary N) is 1. The minimum Gasteiger partial charge on any atom is -0.459 e. The van der Waals surface area contributed by atoms with Crippen LogP contribution in [-0.2, 0) is 33.2 Å². The van der Waals surface area contributed by atoms with Gasteiger partial charge in [0.1, 0.15) is 35.1 Å². The zero-order chi connectivity index (χ0) is 41.1. The van der Waals surface area contributed by atoms with Crippen LogP contribution in [0.5, 0.6) is 0 Å². The molecule has 0 radical (unpaired) electrons. The normalized spacial score (nSPS) is 49.2. The molecule has 0 aromatic heterocycles. The minimum absolute atomic E-state index is 0.128. The first-order valence-corrected chi connectivity index (χ1v) is 20.2. The van der Waals surface area contributed by atoms with Crippen LogP contribution in [0.2, 0.25) is 0 Å². The number of hydrogen-bond acceptors (Lipinski definition) is 14. The molecule has 18 atom stereocenters. The summed E-state index contributed by atoms with van der Waals surface area (Å²) in [6, 6.07) is -0.866. The summed E-state index contributed by atoms with van der Waals surface area (Å²) >= 11 is 0. The SMILES string of the molecule is CCC[C@@]1(O)[C@H](C)O[C@@H](OC2[C@@H](C)C(=O)O[C@H](CC)[C@@](C)(O)[C@H](O)[C@@H](C)NC[C@H](C)C[C@@](C)(O)[C@H](O[C@@H]3O[C@H](C)C[C@H](N(C)C)[C@H]3O)[C@H]2C)C[C@@]1(C)OC. The predicted octanol–water partition coefficient (Wildman–Crippen LogP) is 2.73. The van der Waals surface area contributed by atoms with E-state index < -0.39 is 95.5 Å². The van der Waals surface area contributed by atoms with Gasteiger partial charge in [-0.15, -0.1) is 0 Å². The molecule has 0 spiro atoms. The van der Waals surface area contributed by atoms with Gasteiger partial charge in [0.05, 0.1) is 35.9 Å². The van der Waals surface area contributed by atoms with Crippen molar-refractivity contribution in [2.45, 2.75) is 204 Å². The second-order valence-corrected chi connectivity index (χ2v) is 17.8. The number of ether oxygens (including phenoxy) is 6. The van der Waals surface area contributed by atoms with Gasteiger partial charge in [0.15, 0.2) is 12.6 Å². The summed E-state index contributed by atoms with van der Waals surface area (Å²) < 4.78 is 38.1. The molecule has 6 N–H and O–H groups in total. The highest BCUT2D eigenvalue weighted by Crippen LogP contribution is 2.45. The van der Waals surface area contributed by atoms with Gasteiger partial charge in [0, 0.05) is 31.5 Å².